The molecular formula is C51H33N3S. The standard InChI is InChI=1S/C51H33N3S/c1-4-13-34(14-5-1)37-23-27-39(28-24-37)49-52-50(40-29-25-38(26-30-40)35-15-6-2-7-16-35)54-51(53-49)43-32-41(36-17-8-3-9-18-36)31-42(33-43)44-20-12-22-47-48(44)45-19-10-11-21-46(45)55-47/h1-33H/i10D,11D,12D,19D,20D,21D,22D. The summed E-state index contributed by atoms with van der Waals surface area (Å²) in [5, 5.41) is 0.565. The predicted molar refractivity (Wildman–Crippen MR) is 231 cm³/mol. The highest BCUT2D eigenvalue weighted by atomic mass is 32.1. The Morgan fingerprint density at radius 1 is 0.345 bits per heavy atom. The van der Waals surface area contributed by atoms with E-state index in [0.29, 0.717) is 44.2 Å². The smallest absolute Gasteiger partial charge is 0.164 e. The summed E-state index contributed by atoms with van der Waals surface area (Å²) < 4.78 is 62.4. The highest BCUT2D eigenvalue weighted by Crippen LogP contribution is 2.42. The van der Waals surface area contributed by atoms with Crippen LogP contribution in [-0.2, 0) is 0 Å². The molecule has 3 nitrogen and oxygen atoms in total. The van der Waals surface area contributed by atoms with Crippen LogP contribution in [0.2, 0.25) is 0 Å². The van der Waals surface area contributed by atoms with Gasteiger partial charge in [-0.1, -0.05) is 170 Å². The van der Waals surface area contributed by atoms with Gasteiger partial charge in [-0.15, -0.1) is 11.3 Å². The second kappa shape index (κ2) is 14.1. The van der Waals surface area contributed by atoms with E-state index in [9.17, 15) is 1.37 Å². The van der Waals surface area contributed by atoms with Crippen molar-refractivity contribution < 1.29 is 9.60 Å². The normalized spacial score (nSPS) is 13.1. The van der Waals surface area contributed by atoms with Gasteiger partial charge in [0.15, 0.2) is 17.5 Å². The summed E-state index contributed by atoms with van der Waals surface area (Å²) in [6.07, 6.45) is 0. The lowest BCUT2D eigenvalue weighted by Crippen LogP contribution is -2.01. The molecule has 0 saturated heterocycles. The number of nitrogens with zero attached hydrogens (tertiary/aromatic N) is 3. The summed E-state index contributed by atoms with van der Waals surface area (Å²) >= 11 is 1.05. The number of hydrogen-bond acceptors (Lipinski definition) is 4. The Bertz CT molecular complexity index is 3240. The molecule has 258 valence electrons. The molecule has 0 amide bonds. The van der Waals surface area contributed by atoms with Crippen LogP contribution in [0, 0.1) is 0 Å². The average Bonchev–Trinajstić information content (AvgIpc) is 3.73. The number of fused-ring (bicyclic) bond motifs is 3. The lowest BCUT2D eigenvalue weighted by atomic mass is 9.93. The Hall–Kier alpha value is -7.01. The first-order valence-electron chi connectivity index (χ1n) is 21.4. The molecule has 8 aromatic carbocycles. The molecule has 0 radical (unpaired) electrons. The lowest BCUT2D eigenvalue weighted by molar-refractivity contribution is 1.07. The van der Waals surface area contributed by atoms with Crippen LogP contribution in [0.25, 0.3) is 98.8 Å². The van der Waals surface area contributed by atoms with E-state index in [0.717, 1.165) is 55.8 Å². The van der Waals surface area contributed by atoms with Crippen LogP contribution in [0.5, 0.6) is 0 Å². The van der Waals surface area contributed by atoms with Crippen LogP contribution in [0.15, 0.2) is 200 Å². The van der Waals surface area contributed by atoms with Crippen molar-refractivity contribution in [2.75, 3.05) is 0 Å². The molecule has 2 heterocycles. The van der Waals surface area contributed by atoms with Crippen molar-refractivity contribution in [1.82, 2.24) is 15.0 Å². The molecule has 10 rings (SSSR count). The molecule has 0 spiro atoms. The first-order valence-corrected chi connectivity index (χ1v) is 18.7. The van der Waals surface area contributed by atoms with Gasteiger partial charge in [0.2, 0.25) is 0 Å². The Balaban J connectivity index is 1.22. The van der Waals surface area contributed by atoms with Crippen LogP contribution < -0.4 is 0 Å². The topological polar surface area (TPSA) is 38.7 Å². The molecule has 0 saturated carbocycles. The maximum atomic E-state index is 9.36. The van der Waals surface area contributed by atoms with E-state index in [1.807, 2.05) is 133 Å². The third kappa shape index (κ3) is 6.39. The summed E-state index contributed by atoms with van der Waals surface area (Å²) in [7, 11) is 0. The van der Waals surface area contributed by atoms with Crippen molar-refractivity contribution in [3.63, 3.8) is 0 Å². The second-order valence-corrected chi connectivity index (χ2v) is 14.1. The molecule has 0 unspecified atom stereocenters. The maximum Gasteiger partial charge on any atom is 0.164 e. The summed E-state index contributed by atoms with van der Waals surface area (Å²) in [4.78, 5) is 15.2. The summed E-state index contributed by atoms with van der Waals surface area (Å²) in [5.41, 5.74) is 8.91. The van der Waals surface area contributed by atoms with Gasteiger partial charge in [0.1, 0.15) is 0 Å². The molecule has 4 heteroatoms. The van der Waals surface area contributed by atoms with Gasteiger partial charge in [0, 0.05) is 36.9 Å². The van der Waals surface area contributed by atoms with E-state index in [1.54, 1.807) is 0 Å². The minimum atomic E-state index is -0.404. The largest absolute Gasteiger partial charge is 0.208 e. The zero-order valence-corrected chi connectivity index (χ0v) is 30.1. The molecule has 55 heavy (non-hydrogen) atoms. The fourth-order valence-corrected chi connectivity index (χ4v) is 7.89. The van der Waals surface area contributed by atoms with Crippen molar-refractivity contribution in [1.29, 1.82) is 0 Å². The highest BCUT2D eigenvalue weighted by molar-refractivity contribution is 7.25. The first-order chi connectivity index (χ1) is 30.1. The summed E-state index contributed by atoms with van der Waals surface area (Å²) in [6, 6.07) is 50.0. The van der Waals surface area contributed by atoms with E-state index in [2.05, 4.69) is 24.3 Å². The van der Waals surface area contributed by atoms with Crippen LogP contribution in [0.1, 0.15) is 9.60 Å². The van der Waals surface area contributed by atoms with E-state index in [1.165, 1.54) is 0 Å². The molecule has 0 fully saturated rings. The summed E-state index contributed by atoms with van der Waals surface area (Å²) in [5.74, 6) is 1.28. The van der Waals surface area contributed by atoms with Gasteiger partial charge in [0.25, 0.3) is 0 Å². The number of hydrogen-bond donors (Lipinski definition) is 0. The minimum Gasteiger partial charge on any atom is -0.208 e. The molecular weight excluding hydrogens is 687 g/mol. The zero-order chi connectivity index (χ0) is 42.6. The third-order valence-corrected chi connectivity index (χ3v) is 10.7. The van der Waals surface area contributed by atoms with Gasteiger partial charge in [0.05, 0.1) is 9.60 Å². The number of aromatic nitrogens is 3. The van der Waals surface area contributed by atoms with E-state index in [-0.39, 0.29) is 46.3 Å². The summed E-state index contributed by atoms with van der Waals surface area (Å²) in [6.45, 7) is 0. The molecule has 0 aliphatic carbocycles. The van der Waals surface area contributed by atoms with Gasteiger partial charge >= 0.3 is 0 Å². The molecule has 0 atom stereocenters. The quantitative estimate of drug-likeness (QED) is 0.164. The monoisotopic (exact) mass is 726 g/mol. The molecule has 0 aliphatic heterocycles. The highest BCUT2D eigenvalue weighted by Gasteiger charge is 2.17. The predicted octanol–water partition coefficient (Wildman–Crippen LogP) is 13.9. The SMILES string of the molecule is [2H]c1c([2H])c([2H])c2c(sc3c([2H])c([2H])c([2H])c(-c4cc(-c5ccccc5)cc(-c5nc(-c6ccc(-c7ccccc7)cc6)nc(-c6ccc(-c7ccccc7)cc6)n5)c4)c32)c1[2H]. The lowest BCUT2D eigenvalue weighted by Gasteiger charge is -2.13. The molecule has 0 bridgehead atoms. The Morgan fingerprint density at radius 3 is 1.33 bits per heavy atom. The van der Waals surface area contributed by atoms with Crippen molar-refractivity contribution in [2.24, 2.45) is 0 Å². The fourth-order valence-electron chi connectivity index (χ4n) is 6.92. The van der Waals surface area contributed by atoms with E-state index in [4.69, 9.17) is 23.2 Å². The van der Waals surface area contributed by atoms with Crippen molar-refractivity contribution in [2.45, 2.75) is 0 Å². The number of rotatable bonds is 7. The average molecular weight is 727 g/mol. The van der Waals surface area contributed by atoms with Crippen molar-refractivity contribution >= 4 is 31.5 Å². The Labute approximate surface area is 333 Å². The second-order valence-electron chi connectivity index (χ2n) is 13.1. The van der Waals surface area contributed by atoms with Gasteiger partial charge < -0.3 is 0 Å². The maximum absolute atomic E-state index is 9.36. The van der Waals surface area contributed by atoms with E-state index < -0.39 is 6.04 Å². The fraction of sp³-hybridized carbons (Fsp3) is 0. The molecule has 0 aliphatic rings. The number of benzene rings is 8. The van der Waals surface area contributed by atoms with Crippen molar-refractivity contribution in [3.05, 3.63) is 200 Å². The molecule has 0 N–H and O–H groups in total. The van der Waals surface area contributed by atoms with E-state index >= 15 is 0 Å². The third-order valence-electron chi connectivity index (χ3n) is 9.67. The van der Waals surface area contributed by atoms with Gasteiger partial charge in [-0.05, 0) is 74.8 Å². The minimum absolute atomic E-state index is 0.199. The first kappa shape index (κ1) is 25.9. The van der Waals surface area contributed by atoms with Crippen LogP contribution in [0.4, 0.5) is 0 Å². The van der Waals surface area contributed by atoms with Crippen molar-refractivity contribution in [3.8, 4) is 78.7 Å². The van der Waals surface area contributed by atoms with Crippen LogP contribution >= 0.6 is 11.3 Å². The van der Waals surface area contributed by atoms with Crippen LogP contribution in [-0.4, -0.2) is 15.0 Å². The Morgan fingerprint density at radius 2 is 0.764 bits per heavy atom. The Kier molecular flexibility index (Phi) is 6.63. The molecule has 2 aromatic heterocycles. The van der Waals surface area contributed by atoms with Gasteiger partial charge in [-0.2, -0.15) is 0 Å². The molecule has 10 aromatic rings. The zero-order valence-electron chi connectivity index (χ0n) is 36.3. The van der Waals surface area contributed by atoms with Crippen LogP contribution in [0.3, 0.4) is 0 Å². The number of thiophene rings is 1. The van der Waals surface area contributed by atoms with Gasteiger partial charge in [-0.25, -0.2) is 15.0 Å². The van der Waals surface area contributed by atoms with Gasteiger partial charge in [-0.3, -0.25) is 0 Å².